The van der Waals surface area contributed by atoms with Crippen molar-refractivity contribution < 1.29 is 0 Å². The SMILES string of the molecule is Cc1ccc(Nc2cc(Br)nc(C(C)(C)C)n2)c(Br)c1. The highest BCUT2D eigenvalue weighted by molar-refractivity contribution is 9.10. The third-order valence-corrected chi connectivity index (χ3v) is 3.82. The van der Waals surface area contributed by atoms with Crippen molar-refractivity contribution in [2.75, 3.05) is 5.32 Å². The van der Waals surface area contributed by atoms with Crippen molar-refractivity contribution >= 4 is 43.4 Å². The highest BCUT2D eigenvalue weighted by Gasteiger charge is 2.18. The van der Waals surface area contributed by atoms with Gasteiger partial charge in [0.1, 0.15) is 16.2 Å². The highest BCUT2D eigenvalue weighted by Crippen LogP contribution is 2.28. The first-order valence-electron chi connectivity index (χ1n) is 6.34. The lowest BCUT2D eigenvalue weighted by Crippen LogP contribution is -2.16. The molecule has 5 heteroatoms. The zero-order valence-corrected chi connectivity index (χ0v) is 15.1. The number of hydrogen-bond donors (Lipinski definition) is 1. The summed E-state index contributed by atoms with van der Waals surface area (Å²) in [7, 11) is 0. The summed E-state index contributed by atoms with van der Waals surface area (Å²) < 4.78 is 1.80. The van der Waals surface area contributed by atoms with Gasteiger partial charge in [0.15, 0.2) is 0 Å². The van der Waals surface area contributed by atoms with E-state index in [-0.39, 0.29) is 5.41 Å². The Morgan fingerprint density at radius 3 is 2.35 bits per heavy atom. The van der Waals surface area contributed by atoms with Gasteiger partial charge in [-0.1, -0.05) is 26.8 Å². The maximum atomic E-state index is 4.59. The predicted octanol–water partition coefficient (Wildman–Crippen LogP) is 5.35. The van der Waals surface area contributed by atoms with Crippen molar-refractivity contribution in [3.05, 3.63) is 44.7 Å². The number of benzene rings is 1. The van der Waals surface area contributed by atoms with Gasteiger partial charge in [-0.05, 0) is 56.5 Å². The number of nitrogens with one attached hydrogen (secondary N) is 1. The lowest BCUT2D eigenvalue weighted by Gasteiger charge is -2.18. The third kappa shape index (κ3) is 3.79. The van der Waals surface area contributed by atoms with Crippen molar-refractivity contribution in [3.8, 4) is 0 Å². The Balaban J connectivity index is 2.36. The second-order valence-electron chi connectivity index (χ2n) is 5.76. The highest BCUT2D eigenvalue weighted by atomic mass is 79.9. The number of nitrogens with zero attached hydrogens (tertiary/aromatic N) is 2. The second-order valence-corrected chi connectivity index (χ2v) is 7.42. The van der Waals surface area contributed by atoms with Crippen LogP contribution in [0.15, 0.2) is 33.3 Å². The molecule has 2 aromatic rings. The van der Waals surface area contributed by atoms with Crippen molar-refractivity contribution in [2.45, 2.75) is 33.1 Å². The van der Waals surface area contributed by atoms with Crippen LogP contribution in [0.5, 0.6) is 0 Å². The van der Waals surface area contributed by atoms with Crippen LogP contribution in [0.2, 0.25) is 0 Å². The Hall–Kier alpha value is -0.940. The number of aryl methyl sites for hydroxylation is 1. The molecule has 0 unspecified atom stereocenters. The molecule has 1 aromatic carbocycles. The minimum absolute atomic E-state index is 0.0925. The normalized spacial score (nSPS) is 11.5. The van der Waals surface area contributed by atoms with Crippen LogP contribution in [0.25, 0.3) is 0 Å². The van der Waals surface area contributed by atoms with Crippen LogP contribution in [-0.4, -0.2) is 9.97 Å². The van der Waals surface area contributed by atoms with Crippen LogP contribution in [-0.2, 0) is 5.41 Å². The molecule has 1 N–H and O–H groups in total. The van der Waals surface area contributed by atoms with Gasteiger partial charge in [-0.25, -0.2) is 9.97 Å². The summed E-state index contributed by atoms with van der Waals surface area (Å²) in [5.41, 5.74) is 2.10. The molecule has 0 bridgehead atoms. The summed E-state index contributed by atoms with van der Waals surface area (Å²) in [6, 6.07) is 8.05. The van der Waals surface area contributed by atoms with Crippen LogP contribution in [0.4, 0.5) is 11.5 Å². The first kappa shape index (κ1) is 15.4. The summed E-state index contributed by atoms with van der Waals surface area (Å²) in [6.45, 7) is 8.36. The quantitative estimate of drug-likeness (QED) is 0.692. The molecule has 0 saturated carbocycles. The van der Waals surface area contributed by atoms with Gasteiger partial charge in [0.25, 0.3) is 0 Å². The molecule has 0 atom stereocenters. The summed E-state index contributed by atoms with van der Waals surface area (Å²) in [4.78, 5) is 9.03. The van der Waals surface area contributed by atoms with Gasteiger partial charge in [0.2, 0.25) is 0 Å². The van der Waals surface area contributed by atoms with Crippen molar-refractivity contribution in [1.29, 1.82) is 0 Å². The number of rotatable bonds is 2. The smallest absolute Gasteiger partial charge is 0.137 e. The Labute approximate surface area is 136 Å². The Morgan fingerprint density at radius 2 is 1.75 bits per heavy atom. The molecule has 0 saturated heterocycles. The molecule has 0 amide bonds. The van der Waals surface area contributed by atoms with E-state index in [1.54, 1.807) is 0 Å². The Kier molecular flexibility index (Phi) is 4.49. The molecule has 0 radical (unpaired) electrons. The summed E-state index contributed by atoms with van der Waals surface area (Å²) in [6.07, 6.45) is 0. The second kappa shape index (κ2) is 5.82. The topological polar surface area (TPSA) is 37.8 Å². The van der Waals surface area contributed by atoms with E-state index >= 15 is 0 Å². The molecule has 2 rings (SSSR count). The van der Waals surface area contributed by atoms with Crippen molar-refractivity contribution in [3.63, 3.8) is 0 Å². The minimum Gasteiger partial charge on any atom is -0.339 e. The third-order valence-electron chi connectivity index (χ3n) is 2.75. The molecule has 3 nitrogen and oxygen atoms in total. The van der Waals surface area contributed by atoms with Gasteiger partial charge in [0, 0.05) is 16.0 Å². The molecular formula is C15H17Br2N3. The van der Waals surface area contributed by atoms with Gasteiger partial charge in [-0.15, -0.1) is 0 Å². The number of hydrogen-bond acceptors (Lipinski definition) is 3. The van der Waals surface area contributed by atoms with E-state index in [0.717, 1.165) is 26.4 Å². The van der Waals surface area contributed by atoms with E-state index in [0.29, 0.717) is 0 Å². The largest absolute Gasteiger partial charge is 0.339 e. The lowest BCUT2D eigenvalue weighted by molar-refractivity contribution is 0.544. The molecular weight excluding hydrogens is 382 g/mol. The minimum atomic E-state index is -0.0925. The molecule has 106 valence electrons. The molecule has 0 aliphatic rings. The van der Waals surface area contributed by atoms with Crippen LogP contribution >= 0.6 is 31.9 Å². The zero-order valence-electron chi connectivity index (χ0n) is 12.0. The van der Waals surface area contributed by atoms with E-state index in [9.17, 15) is 0 Å². The fraction of sp³-hybridized carbons (Fsp3) is 0.333. The maximum absolute atomic E-state index is 4.59. The molecule has 1 aromatic heterocycles. The van der Waals surface area contributed by atoms with Crippen molar-refractivity contribution in [1.82, 2.24) is 9.97 Å². The Bertz CT molecular complexity index is 634. The van der Waals surface area contributed by atoms with Gasteiger partial charge < -0.3 is 5.32 Å². The zero-order chi connectivity index (χ0) is 14.9. The molecule has 0 fully saturated rings. The van der Waals surface area contributed by atoms with E-state index in [4.69, 9.17) is 0 Å². The predicted molar refractivity (Wildman–Crippen MR) is 90.6 cm³/mol. The fourth-order valence-electron chi connectivity index (χ4n) is 1.68. The van der Waals surface area contributed by atoms with Crippen LogP contribution in [0, 0.1) is 6.92 Å². The van der Waals surface area contributed by atoms with E-state index in [2.05, 4.69) is 87.0 Å². The van der Waals surface area contributed by atoms with Crippen LogP contribution in [0.1, 0.15) is 32.2 Å². The lowest BCUT2D eigenvalue weighted by atomic mass is 9.96. The number of halogens is 2. The average molecular weight is 399 g/mol. The van der Waals surface area contributed by atoms with Gasteiger partial charge in [-0.3, -0.25) is 0 Å². The first-order valence-corrected chi connectivity index (χ1v) is 7.92. The van der Waals surface area contributed by atoms with E-state index in [1.165, 1.54) is 5.56 Å². The summed E-state index contributed by atoms with van der Waals surface area (Å²) >= 11 is 7.01. The molecule has 0 spiro atoms. The van der Waals surface area contributed by atoms with Gasteiger partial charge in [-0.2, -0.15) is 0 Å². The fourth-order valence-corrected chi connectivity index (χ4v) is 2.65. The van der Waals surface area contributed by atoms with Crippen LogP contribution in [0.3, 0.4) is 0 Å². The number of anilines is 2. The number of aromatic nitrogens is 2. The standard InChI is InChI=1S/C15H17Br2N3/c1-9-5-6-11(10(16)7-9)18-13-8-12(17)19-14(20-13)15(2,3)4/h5-8H,1-4H3,(H,18,19,20). The van der Waals surface area contributed by atoms with Crippen molar-refractivity contribution in [2.24, 2.45) is 0 Å². The molecule has 0 aliphatic carbocycles. The van der Waals surface area contributed by atoms with Gasteiger partial charge >= 0.3 is 0 Å². The van der Waals surface area contributed by atoms with E-state index in [1.807, 2.05) is 12.1 Å². The average Bonchev–Trinajstić information content (AvgIpc) is 2.31. The molecule has 20 heavy (non-hydrogen) atoms. The van der Waals surface area contributed by atoms with E-state index < -0.39 is 0 Å². The van der Waals surface area contributed by atoms with Crippen LogP contribution < -0.4 is 5.32 Å². The monoisotopic (exact) mass is 397 g/mol. The summed E-state index contributed by atoms with van der Waals surface area (Å²) in [5, 5.41) is 3.32. The molecule has 1 heterocycles. The van der Waals surface area contributed by atoms with Gasteiger partial charge in [0.05, 0.1) is 5.69 Å². The first-order chi connectivity index (χ1) is 9.25. The Morgan fingerprint density at radius 1 is 1.05 bits per heavy atom. The molecule has 0 aliphatic heterocycles. The maximum Gasteiger partial charge on any atom is 0.137 e. The summed E-state index contributed by atoms with van der Waals surface area (Å²) in [5.74, 6) is 1.58.